The van der Waals surface area contributed by atoms with E-state index in [1.54, 1.807) is 0 Å². The number of likely N-dealkylation sites (N-methyl/N-ethyl adjacent to an activating group) is 1. The maximum Gasteiger partial charge on any atom is 0.243 e. The third-order valence-corrected chi connectivity index (χ3v) is 3.05. The van der Waals surface area contributed by atoms with Gasteiger partial charge in [-0.15, -0.1) is 0 Å². The Bertz CT molecular complexity index is 552. The van der Waals surface area contributed by atoms with E-state index in [0.29, 0.717) is 13.1 Å². The van der Waals surface area contributed by atoms with Gasteiger partial charge in [-0.3, -0.25) is 4.79 Å². The molecular formula is C16H19N3O. The van der Waals surface area contributed by atoms with Gasteiger partial charge in [0.15, 0.2) is 0 Å². The SMILES string of the molecule is CN(CC(=O)Nc1ccc(CN)cc1)c1ccccc1. The summed E-state index contributed by atoms with van der Waals surface area (Å²) in [7, 11) is 1.90. The standard InChI is InChI=1S/C16H19N3O/c1-19(15-5-3-2-4-6-15)12-16(20)18-14-9-7-13(11-17)8-10-14/h2-10H,11-12,17H2,1H3,(H,18,20). The molecule has 0 unspecified atom stereocenters. The number of rotatable bonds is 5. The van der Waals surface area contributed by atoms with Gasteiger partial charge in [-0.05, 0) is 29.8 Å². The average Bonchev–Trinajstić information content (AvgIpc) is 2.49. The monoisotopic (exact) mass is 269 g/mol. The molecule has 0 bridgehead atoms. The lowest BCUT2D eigenvalue weighted by Crippen LogP contribution is -2.29. The Morgan fingerprint density at radius 1 is 1.10 bits per heavy atom. The van der Waals surface area contributed by atoms with E-state index in [0.717, 1.165) is 16.9 Å². The third-order valence-electron chi connectivity index (χ3n) is 3.05. The minimum absolute atomic E-state index is 0.0446. The second-order valence-corrected chi connectivity index (χ2v) is 4.64. The molecule has 0 heterocycles. The molecule has 1 amide bonds. The maximum absolute atomic E-state index is 12.0. The van der Waals surface area contributed by atoms with Crippen molar-refractivity contribution in [2.45, 2.75) is 6.54 Å². The van der Waals surface area contributed by atoms with Crippen LogP contribution in [0.3, 0.4) is 0 Å². The van der Waals surface area contributed by atoms with Crippen LogP contribution in [0.25, 0.3) is 0 Å². The second-order valence-electron chi connectivity index (χ2n) is 4.64. The molecule has 0 atom stereocenters. The van der Waals surface area contributed by atoms with Crippen molar-refractivity contribution in [2.24, 2.45) is 5.73 Å². The Morgan fingerprint density at radius 3 is 2.35 bits per heavy atom. The van der Waals surface area contributed by atoms with Gasteiger partial charge in [0.2, 0.25) is 5.91 Å². The molecule has 0 fully saturated rings. The summed E-state index contributed by atoms with van der Waals surface area (Å²) >= 11 is 0. The zero-order chi connectivity index (χ0) is 14.4. The fourth-order valence-corrected chi connectivity index (χ4v) is 1.91. The Balaban J connectivity index is 1.91. The summed E-state index contributed by atoms with van der Waals surface area (Å²) in [6.45, 7) is 0.813. The molecule has 2 aromatic rings. The predicted octanol–water partition coefficient (Wildman–Crippen LogP) is 2.22. The number of nitrogens with one attached hydrogen (secondary N) is 1. The van der Waals surface area contributed by atoms with Gasteiger partial charge in [-0.2, -0.15) is 0 Å². The van der Waals surface area contributed by atoms with Crippen molar-refractivity contribution in [3.05, 3.63) is 60.2 Å². The molecule has 0 aliphatic heterocycles. The van der Waals surface area contributed by atoms with Crippen molar-refractivity contribution < 1.29 is 4.79 Å². The minimum Gasteiger partial charge on any atom is -0.365 e. The molecule has 0 aliphatic rings. The summed E-state index contributed by atoms with van der Waals surface area (Å²) in [6, 6.07) is 17.4. The molecular weight excluding hydrogens is 250 g/mol. The predicted molar refractivity (Wildman–Crippen MR) is 82.7 cm³/mol. The first-order valence-electron chi connectivity index (χ1n) is 6.54. The normalized spacial score (nSPS) is 10.1. The fraction of sp³-hybridized carbons (Fsp3) is 0.188. The smallest absolute Gasteiger partial charge is 0.243 e. The highest BCUT2D eigenvalue weighted by Gasteiger charge is 2.07. The van der Waals surface area contributed by atoms with E-state index in [4.69, 9.17) is 5.73 Å². The molecule has 104 valence electrons. The van der Waals surface area contributed by atoms with Gasteiger partial charge in [-0.25, -0.2) is 0 Å². The van der Waals surface area contributed by atoms with Crippen LogP contribution in [0.1, 0.15) is 5.56 Å². The molecule has 4 heteroatoms. The summed E-state index contributed by atoms with van der Waals surface area (Å²) in [5.41, 5.74) is 8.38. The zero-order valence-electron chi connectivity index (χ0n) is 11.5. The number of nitrogens with zero attached hydrogens (tertiary/aromatic N) is 1. The number of hydrogen-bond donors (Lipinski definition) is 2. The molecule has 0 radical (unpaired) electrons. The lowest BCUT2D eigenvalue weighted by molar-refractivity contribution is -0.114. The lowest BCUT2D eigenvalue weighted by Gasteiger charge is -2.18. The van der Waals surface area contributed by atoms with Crippen molar-refractivity contribution in [3.8, 4) is 0 Å². The molecule has 3 N–H and O–H groups in total. The summed E-state index contributed by atoms with van der Waals surface area (Å²) in [4.78, 5) is 13.9. The molecule has 4 nitrogen and oxygen atoms in total. The highest BCUT2D eigenvalue weighted by molar-refractivity contribution is 5.94. The first kappa shape index (κ1) is 14.1. The van der Waals surface area contributed by atoms with Crippen LogP contribution in [0.2, 0.25) is 0 Å². The Kier molecular flexibility index (Phi) is 4.74. The summed E-state index contributed by atoms with van der Waals surface area (Å²) < 4.78 is 0. The van der Waals surface area contributed by atoms with Gasteiger partial charge >= 0.3 is 0 Å². The molecule has 0 saturated heterocycles. The van der Waals surface area contributed by atoms with E-state index in [9.17, 15) is 4.79 Å². The van der Waals surface area contributed by atoms with Gasteiger partial charge < -0.3 is 16.0 Å². The minimum atomic E-state index is -0.0446. The van der Waals surface area contributed by atoms with E-state index in [2.05, 4.69) is 5.32 Å². The highest BCUT2D eigenvalue weighted by atomic mass is 16.2. The van der Waals surface area contributed by atoms with Gasteiger partial charge in [0.25, 0.3) is 0 Å². The molecule has 2 aromatic carbocycles. The van der Waals surface area contributed by atoms with Crippen LogP contribution in [0.5, 0.6) is 0 Å². The van der Waals surface area contributed by atoms with E-state index in [-0.39, 0.29) is 5.91 Å². The number of carbonyl (C=O) groups is 1. The number of carbonyl (C=O) groups excluding carboxylic acids is 1. The van der Waals surface area contributed by atoms with E-state index in [1.165, 1.54) is 0 Å². The summed E-state index contributed by atoms with van der Waals surface area (Å²) in [6.07, 6.45) is 0. The van der Waals surface area contributed by atoms with Gasteiger partial charge in [-0.1, -0.05) is 30.3 Å². The Labute approximate surface area is 119 Å². The number of para-hydroxylation sites is 1. The zero-order valence-corrected chi connectivity index (χ0v) is 11.5. The van der Waals surface area contributed by atoms with Crippen molar-refractivity contribution >= 4 is 17.3 Å². The number of benzene rings is 2. The molecule has 0 saturated carbocycles. The number of anilines is 2. The average molecular weight is 269 g/mol. The summed E-state index contributed by atoms with van der Waals surface area (Å²) in [5, 5.41) is 2.87. The van der Waals surface area contributed by atoms with E-state index in [1.807, 2.05) is 66.5 Å². The lowest BCUT2D eigenvalue weighted by atomic mass is 10.2. The van der Waals surface area contributed by atoms with Crippen LogP contribution >= 0.6 is 0 Å². The summed E-state index contributed by atoms with van der Waals surface area (Å²) in [5.74, 6) is -0.0446. The second kappa shape index (κ2) is 6.73. The first-order valence-corrected chi connectivity index (χ1v) is 6.54. The van der Waals surface area contributed by atoms with Crippen LogP contribution < -0.4 is 16.0 Å². The number of nitrogens with two attached hydrogens (primary N) is 1. The molecule has 2 rings (SSSR count). The molecule has 0 aromatic heterocycles. The Morgan fingerprint density at radius 2 is 1.75 bits per heavy atom. The van der Waals surface area contributed by atoms with Gasteiger partial charge in [0.1, 0.15) is 0 Å². The number of hydrogen-bond acceptors (Lipinski definition) is 3. The van der Waals surface area contributed by atoms with Gasteiger partial charge in [0.05, 0.1) is 6.54 Å². The molecule has 0 aliphatic carbocycles. The third kappa shape index (κ3) is 3.83. The topological polar surface area (TPSA) is 58.4 Å². The van der Waals surface area contributed by atoms with Gasteiger partial charge in [0, 0.05) is 25.0 Å². The van der Waals surface area contributed by atoms with Crippen LogP contribution in [0.15, 0.2) is 54.6 Å². The van der Waals surface area contributed by atoms with Crippen LogP contribution in [-0.2, 0) is 11.3 Å². The van der Waals surface area contributed by atoms with Crippen LogP contribution in [-0.4, -0.2) is 19.5 Å². The van der Waals surface area contributed by atoms with E-state index >= 15 is 0 Å². The fourth-order valence-electron chi connectivity index (χ4n) is 1.91. The maximum atomic E-state index is 12.0. The van der Waals surface area contributed by atoms with Crippen LogP contribution in [0.4, 0.5) is 11.4 Å². The quantitative estimate of drug-likeness (QED) is 0.875. The molecule has 0 spiro atoms. The largest absolute Gasteiger partial charge is 0.365 e. The van der Waals surface area contributed by atoms with E-state index < -0.39 is 0 Å². The number of amides is 1. The Hall–Kier alpha value is -2.33. The van der Waals surface area contributed by atoms with Crippen molar-refractivity contribution in [3.63, 3.8) is 0 Å². The van der Waals surface area contributed by atoms with Crippen molar-refractivity contribution in [1.82, 2.24) is 0 Å². The highest BCUT2D eigenvalue weighted by Crippen LogP contribution is 2.12. The van der Waals surface area contributed by atoms with Crippen molar-refractivity contribution in [1.29, 1.82) is 0 Å². The van der Waals surface area contributed by atoms with Crippen LogP contribution in [0, 0.1) is 0 Å². The first-order chi connectivity index (χ1) is 9.69. The molecule has 20 heavy (non-hydrogen) atoms. The van der Waals surface area contributed by atoms with Crippen molar-refractivity contribution in [2.75, 3.05) is 23.8 Å².